The molecule has 0 N–H and O–H groups in total. The summed E-state index contributed by atoms with van der Waals surface area (Å²) in [7, 11) is 0. The molecule has 36 heavy (non-hydrogen) atoms. The van der Waals surface area contributed by atoms with Gasteiger partial charge in [0.05, 0.1) is 11.8 Å². The van der Waals surface area contributed by atoms with Crippen molar-refractivity contribution in [2.75, 3.05) is 13.1 Å². The normalized spacial score (nSPS) is 17.9. The predicted molar refractivity (Wildman–Crippen MR) is 147 cm³/mol. The van der Waals surface area contributed by atoms with E-state index >= 15 is 0 Å². The Morgan fingerprint density at radius 2 is 1.83 bits per heavy atom. The van der Waals surface area contributed by atoms with E-state index in [-0.39, 0.29) is 11.9 Å². The summed E-state index contributed by atoms with van der Waals surface area (Å²) >= 11 is 0. The Morgan fingerprint density at radius 1 is 1.03 bits per heavy atom. The van der Waals surface area contributed by atoms with Crippen molar-refractivity contribution >= 4 is 5.71 Å². The number of benzene rings is 2. The molecule has 0 radical (unpaired) electrons. The number of rotatable bonds is 6. The average Bonchev–Trinajstić information content (AvgIpc) is 3.20. The molecule has 0 fully saturated rings. The summed E-state index contributed by atoms with van der Waals surface area (Å²) in [5.74, 6) is -0.169. The van der Waals surface area contributed by atoms with E-state index in [9.17, 15) is 4.39 Å². The molecule has 0 spiro atoms. The van der Waals surface area contributed by atoms with Crippen LogP contribution in [0, 0.1) is 12.7 Å². The maximum absolute atomic E-state index is 13.8. The van der Waals surface area contributed by atoms with Crippen molar-refractivity contribution in [2.24, 2.45) is 4.99 Å². The van der Waals surface area contributed by atoms with E-state index in [0.29, 0.717) is 5.56 Å². The molecule has 0 saturated heterocycles. The number of halogens is 1. The van der Waals surface area contributed by atoms with Crippen molar-refractivity contribution in [3.8, 4) is 11.1 Å². The van der Waals surface area contributed by atoms with Gasteiger partial charge in [-0.1, -0.05) is 43.3 Å². The van der Waals surface area contributed by atoms with Gasteiger partial charge in [0.15, 0.2) is 0 Å². The van der Waals surface area contributed by atoms with Gasteiger partial charge in [-0.05, 0) is 79.3 Å². The van der Waals surface area contributed by atoms with Crippen molar-refractivity contribution in [1.82, 2.24) is 9.88 Å². The minimum atomic E-state index is -0.169. The molecule has 1 atom stereocenters. The van der Waals surface area contributed by atoms with Crippen LogP contribution in [0.1, 0.15) is 49.1 Å². The number of allylic oxidation sites excluding steroid dienone is 2. The zero-order valence-electron chi connectivity index (χ0n) is 21.5. The third-order valence-corrected chi connectivity index (χ3v) is 7.49. The fourth-order valence-electron chi connectivity index (χ4n) is 5.33. The van der Waals surface area contributed by atoms with Crippen LogP contribution in [0.25, 0.3) is 11.1 Å². The summed E-state index contributed by atoms with van der Waals surface area (Å²) in [6, 6.07) is 18.2. The highest BCUT2D eigenvalue weighted by atomic mass is 19.1. The SMILES string of the molecule is C/C=C(/CC1N=C(c2ccc(F)c(C)c2)C=C1CC)N1CCc2cc(-c3ccccc3)cnc2CC1. The lowest BCUT2D eigenvalue weighted by molar-refractivity contribution is 0.343. The van der Waals surface area contributed by atoms with Gasteiger partial charge >= 0.3 is 0 Å². The van der Waals surface area contributed by atoms with Crippen LogP contribution in [0.4, 0.5) is 4.39 Å². The Hall–Kier alpha value is -3.53. The van der Waals surface area contributed by atoms with Gasteiger partial charge < -0.3 is 4.90 Å². The first kappa shape index (κ1) is 24.2. The molecule has 1 unspecified atom stereocenters. The molecule has 184 valence electrons. The van der Waals surface area contributed by atoms with Crippen LogP contribution in [0.2, 0.25) is 0 Å². The fraction of sp³-hybridized carbons (Fsp3) is 0.312. The van der Waals surface area contributed by atoms with Gasteiger partial charge in [0.2, 0.25) is 0 Å². The van der Waals surface area contributed by atoms with E-state index in [0.717, 1.165) is 50.0 Å². The van der Waals surface area contributed by atoms with Crippen molar-refractivity contribution in [2.45, 2.75) is 52.5 Å². The molecule has 1 aromatic heterocycles. The quantitative estimate of drug-likeness (QED) is 0.377. The van der Waals surface area contributed by atoms with Crippen molar-refractivity contribution in [3.05, 3.63) is 112 Å². The van der Waals surface area contributed by atoms with Gasteiger partial charge in [0, 0.05) is 54.6 Å². The second-order valence-electron chi connectivity index (χ2n) is 9.73. The van der Waals surface area contributed by atoms with Crippen LogP contribution in [0.5, 0.6) is 0 Å². The Kier molecular flexibility index (Phi) is 7.13. The molecule has 4 heteroatoms. The lowest BCUT2D eigenvalue weighted by atomic mass is 10.00. The summed E-state index contributed by atoms with van der Waals surface area (Å²) in [4.78, 5) is 12.5. The number of aromatic nitrogens is 1. The molecule has 0 bridgehead atoms. The molecule has 3 heterocycles. The highest BCUT2D eigenvalue weighted by Crippen LogP contribution is 2.30. The van der Waals surface area contributed by atoms with Gasteiger partial charge in [-0.3, -0.25) is 9.98 Å². The second kappa shape index (κ2) is 10.6. The Morgan fingerprint density at radius 3 is 2.58 bits per heavy atom. The van der Waals surface area contributed by atoms with Gasteiger partial charge in [0.25, 0.3) is 0 Å². The van der Waals surface area contributed by atoms with Crippen LogP contribution in [-0.4, -0.2) is 34.7 Å². The van der Waals surface area contributed by atoms with E-state index in [1.807, 2.05) is 31.3 Å². The minimum Gasteiger partial charge on any atom is -0.374 e. The summed E-state index contributed by atoms with van der Waals surface area (Å²) in [5, 5.41) is 0. The van der Waals surface area contributed by atoms with Crippen LogP contribution < -0.4 is 0 Å². The molecule has 3 aromatic rings. The van der Waals surface area contributed by atoms with Gasteiger partial charge in [-0.15, -0.1) is 0 Å². The molecule has 2 aromatic carbocycles. The molecular formula is C32H34FN3. The van der Waals surface area contributed by atoms with Crippen LogP contribution in [0.3, 0.4) is 0 Å². The highest BCUT2D eigenvalue weighted by molar-refractivity contribution is 6.10. The summed E-state index contributed by atoms with van der Waals surface area (Å²) in [6.45, 7) is 8.09. The first-order chi connectivity index (χ1) is 17.6. The van der Waals surface area contributed by atoms with Crippen molar-refractivity contribution < 1.29 is 4.39 Å². The van der Waals surface area contributed by atoms with Gasteiger partial charge in [-0.2, -0.15) is 0 Å². The molecule has 2 aliphatic rings. The standard InChI is InChI=1S/C32H34FN3/c1-4-23-19-31(25-11-12-29(33)22(3)17-25)35-32(23)20-28(5-2)36-15-13-26-18-27(21-34-30(26)14-16-36)24-9-7-6-8-10-24/h5-12,17-19,21,32H,4,13-16,20H2,1-3H3/b28-5-. The molecule has 0 aliphatic carbocycles. The Labute approximate surface area is 214 Å². The summed E-state index contributed by atoms with van der Waals surface area (Å²) < 4.78 is 13.8. The Balaban J connectivity index is 1.31. The monoisotopic (exact) mass is 479 g/mol. The predicted octanol–water partition coefficient (Wildman–Crippen LogP) is 7.10. The van der Waals surface area contributed by atoms with Crippen LogP contribution >= 0.6 is 0 Å². The number of hydrogen-bond donors (Lipinski definition) is 0. The molecule has 0 amide bonds. The first-order valence-electron chi connectivity index (χ1n) is 13.0. The zero-order chi connectivity index (χ0) is 25.1. The maximum atomic E-state index is 13.8. The van der Waals surface area contributed by atoms with E-state index < -0.39 is 0 Å². The summed E-state index contributed by atoms with van der Waals surface area (Å²) in [5.41, 5.74) is 10.3. The third kappa shape index (κ3) is 5.04. The molecule has 2 aliphatic heterocycles. The number of pyridine rings is 1. The number of aliphatic imine (C=N–C) groups is 1. The minimum absolute atomic E-state index is 0.134. The number of hydrogen-bond acceptors (Lipinski definition) is 3. The topological polar surface area (TPSA) is 28.5 Å². The van der Waals surface area contributed by atoms with Crippen LogP contribution in [0.15, 0.2) is 89.2 Å². The molecule has 5 rings (SSSR count). The van der Waals surface area contributed by atoms with E-state index in [1.165, 1.54) is 33.7 Å². The van der Waals surface area contributed by atoms with Crippen LogP contribution in [-0.2, 0) is 12.8 Å². The number of fused-ring (bicyclic) bond motifs is 1. The zero-order valence-corrected chi connectivity index (χ0v) is 21.5. The largest absolute Gasteiger partial charge is 0.374 e. The fourth-order valence-corrected chi connectivity index (χ4v) is 5.33. The second-order valence-corrected chi connectivity index (χ2v) is 9.73. The number of aryl methyl sites for hydroxylation is 1. The third-order valence-electron chi connectivity index (χ3n) is 7.49. The maximum Gasteiger partial charge on any atom is 0.126 e. The lowest BCUT2D eigenvalue weighted by Gasteiger charge is -2.27. The molecular weight excluding hydrogens is 445 g/mol. The van der Waals surface area contributed by atoms with E-state index in [4.69, 9.17) is 9.98 Å². The molecule has 3 nitrogen and oxygen atoms in total. The average molecular weight is 480 g/mol. The van der Waals surface area contributed by atoms with E-state index in [1.54, 1.807) is 6.07 Å². The highest BCUT2D eigenvalue weighted by Gasteiger charge is 2.25. The van der Waals surface area contributed by atoms with Crippen molar-refractivity contribution in [1.29, 1.82) is 0 Å². The smallest absolute Gasteiger partial charge is 0.126 e. The first-order valence-corrected chi connectivity index (χ1v) is 13.0. The number of nitrogens with zero attached hydrogens (tertiary/aromatic N) is 3. The summed E-state index contributed by atoms with van der Waals surface area (Å²) in [6.07, 6.45) is 10.3. The van der Waals surface area contributed by atoms with E-state index in [2.05, 4.69) is 61.2 Å². The van der Waals surface area contributed by atoms with Gasteiger partial charge in [0.1, 0.15) is 5.82 Å². The van der Waals surface area contributed by atoms with Gasteiger partial charge in [-0.25, -0.2) is 4.39 Å². The molecule has 0 saturated carbocycles. The lowest BCUT2D eigenvalue weighted by Crippen LogP contribution is -2.28. The Bertz CT molecular complexity index is 1340. The van der Waals surface area contributed by atoms with Crippen molar-refractivity contribution in [3.63, 3.8) is 0 Å².